The molecular formula is C14H13IN2O. The van der Waals surface area contributed by atoms with E-state index in [0.29, 0.717) is 5.89 Å². The number of rotatable bonds is 1. The first-order chi connectivity index (χ1) is 8.22. The Bertz CT molecular complexity index is 691. The van der Waals surface area contributed by atoms with E-state index >= 15 is 0 Å². The summed E-state index contributed by atoms with van der Waals surface area (Å²) in [5.41, 5.74) is 3.92. The fourth-order valence-corrected chi connectivity index (χ4v) is 1.88. The Morgan fingerprint density at radius 1 is 1.22 bits per heavy atom. The van der Waals surface area contributed by atoms with Gasteiger partial charge in [-0.3, -0.25) is 0 Å². The third kappa shape index (κ3) is 2.38. The van der Waals surface area contributed by atoms with Crippen LogP contribution in [0.25, 0.3) is 22.6 Å². The van der Waals surface area contributed by atoms with Crippen molar-refractivity contribution in [3.63, 3.8) is 0 Å². The highest BCUT2D eigenvalue weighted by atomic mass is 127. The third-order valence-electron chi connectivity index (χ3n) is 2.73. The van der Waals surface area contributed by atoms with Gasteiger partial charge in [-0.05, 0) is 30.7 Å². The van der Waals surface area contributed by atoms with Crippen LogP contribution < -0.4 is 28.5 Å². The molecule has 0 bridgehead atoms. The maximum atomic E-state index is 5.74. The summed E-state index contributed by atoms with van der Waals surface area (Å²) in [6.45, 7) is 2.05. The number of hydrogen-bond donors (Lipinski definition) is 0. The molecule has 4 heteroatoms. The van der Waals surface area contributed by atoms with Crippen LogP contribution in [0.4, 0.5) is 0 Å². The molecule has 3 rings (SSSR count). The number of fused-ring (bicyclic) bond motifs is 1. The van der Waals surface area contributed by atoms with Gasteiger partial charge >= 0.3 is 0 Å². The molecule has 92 valence electrons. The van der Waals surface area contributed by atoms with Crippen LogP contribution in [0.5, 0.6) is 0 Å². The molecule has 0 unspecified atom stereocenters. The van der Waals surface area contributed by atoms with Crippen molar-refractivity contribution in [2.45, 2.75) is 6.92 Å². The van der Waals surface area contributed by atoms with E-state index in [4.69, 9.17) is 4.42 Å². The standard InChI is InChI=1S/C14H13N2O.HI/c1-10-5-6-13-12(8-10)15-14(17-13)11-4-3-7-16(2)9-11;/h3-9H,1-2H3;1H/q+1;/p-1. The Kier molecular flexibility index (Phi) is 3.65. The van der Waals surface area contributed by atoms with Crippen LogP contribution in [0.2, 0.25) is 0 Å². The number of benzene rings is 1. The fourth-order valence-electron chi connectivity index (χ4n) is 1.88. The molecule has 2 heterocycles. The van der Waals surface area contributed by atoms with E-state index in [1.54, 1.807) is 0 Å². The second kappa shape index (κ2) is 5.06. The van der Waals surface area contributed by atoms with Crippen LogP contribution >= 0.6 is 0 Å². The number of pyridine rings is 1. The van der Waals surface area contributed by atoms with Gasteiger partial charge in [0.25, 0.3) is 0 Å². The summed E-state index contributed by atoms with van der Waals surface area (Å²) in [4.78, 5) is 4.50. The van der Waals surface area contributed by atoms with Crippen LogP contribution in [0.3, 0.4) is 0 Å². The molecule has 0 aliphatic rings. The van der Waals surface area contributed by atoms with Gasteiger partial charge < -0.3 is 28.4 Å². The van der Waals surface area contributed by atoms with Crippen LogP contribution in [0.1, 0.15) is 5.56 Å². The van der Waals surface area contributed by atoms with Crippen molar-refractivity contribution in [1.82, 2.24) is 4.98 Å². The lowest BCUT2D eigenvalue weighted by atomic mass is 10.2. The lowest BCUT2D eigenvalue weighted by molar-refractivity contribution is -0.671. The first kappa shape index (κ1) is 13.0. The lowest BCUT2D eigenvalue weighted by Gasteiger charge is -1.91. The maximum absolute atomic E-state index is 5.74. The van der Waals surface area contributed by atoms with Crippen molar-refractivity contribution in [3.05, 3.63) is 48.3 Å². The summed E-state index contributed by atoms with van der Waals surface area (Å²) in [5.74, 6) is 0.668. The normalized spacial score (nSPS) is 10.3. The third-order valence-corrected chi connectivity index (χ3v) is 2.73. The Hall–Kier alpha value is -1.43. The summed E-state index contributed by atoms with van der Waals surface area (Å²) in [7, 11) is 1.98. The van der Waals surface area contributed by atoms with Gasteiger partial charge in [0.1, 0.15) is 18.1 Å². The second-order valence-electron chi connectivity index (χ2n) is 4.25. The highest BCUT2D eigenvalue weighted by Crippen LogP contribution is 2.23. The molecule has 18 heavy (non-hydrogen) atoms. The summed E-state index contributed by atoms with van der Waals surface area (Å²) < 4.78 is 7.72. The quantitative estimate of drug-likeness (QED) is 0.442. The predicted molar refractivity (Wildman–Crippen MR) is 65.4 cm³/mol. The summed E-state index contributed by atoms with van der Waals surface area (Å²) >= 11 is 0. The SMILES string of the molecule is Cc1ccc2oc(-c3ccc[n+](C)c3)nc2c1.[I-]. The molecule has 0 amide bonds. The smallest absolute Gasteiger partial charge is 0.233 e. The van der Waals surface area contributed by atoms with Crippen molar-refractivity contribution < 1.29 is 33.0 Å². The van der Waals surface area contributed by atoms with Gasteiger partial charge in [-0.2, -0.15) is 0 Å². The number of aromatic nitrogens is 2. The zero-order valence-corrected chi connectivity index (χ0v) is 12.4. The Labute approximate surface area is 122 Å². The number of hydrogen-bond acceptors (Lipinski definition) is 2. The first-order valence-corrected chi connectivity index (χ1v) is 5.55. The number of halogens is 1. The lowest BCUT2D eigenvalue weighted by Crippen LogP contribution is -3.00. The Balaban J connectivity index is 0.00000120. The summed E-state index contributed by atoms with van der Waals surface area (Å²) in [6.07, 6.45) is 3.98. The topological polar surface area (TPSA) is 29.9 Å². The van der Waals surface area contributed by atoms with E-state index in [2.05, 4.69) is 11.9 Å². The van der Waals surface area contributed by atoms with E-state index in [1.807, 2.05) is 54.3 Å². The minimum absolute atomic E-state index is 0. The van der Waals surface area contributed by atoms with Crippen molar-refractivity contribution in [1.29, 1.82) is 0 Å². The van der Waals surface area contributed by atoms with E-state index in [-0.39, 0.29) is 24.0 Å². The number of oxazole rings is 1. The second-order valence-corrected chi connectivity index (χ2v) is 4.25. The molecule has 2 aromatic heterocycles. The van der Waals surface area contributed by atoms with Crippen molar-refractivity contribution in [2.24, 2.45) is 7.05 Å². The minimum atomic E-state index is 0. The molecule has 0 aliphatic carbocycles. The van der Waals surface area contributed by atoms with E-state index < -0.39 is 0 Å². The molecule has 0 spiro atoms. The first-order valence-electron chi connectivity index (χ1n) is 5.55. The van der Waals surface area contributed by atoms with Crippen molar-refractivity contribution in [3.8, 4) is 11.5 Å². The van der Waals surface area contributed by atoms with Gasteiger partial charge in [-0.25, -0.2) is 9.55 Å². The van der Waals surface area contributed by atoms with E-state index in [0.717, 1.165) is 16.7 Å². The Morgan fingerprint density at radius 3 is 2.83 bits per heavy atom. The molecule has 0 saturated carbocycles. The number of aryl methyl sites for hydroxylation is 2. The van der Waals surface area contributed by atoms with Gasteiger partial charge in [-0.1, -0.05) is 6.07 Å². The fraction of sp³-hybridized carbons (Fsp3) is 0.143. The zero-order valence-electron chi connectivity index (χ0n) is 10.2. The average molecular weight is 352 g/mol. The number of nitrogens with zero attached hydrogens (tertiary/aromatic N) is 2. The molecule has 0 saturated heterocycles. The molecule has 0 atom stereocenters. The van der Waals surface area contributed by atoms with Gasteiger partial charge in [0, 0.05) is 6.07 Å². The monoisotopic (exact) mass is 352 g/mol. The molecule has 3 nitrogen and oxygen atoms in total. The van der Waals surface area contributed by atoms with Gasteiger partial charge in [0.2, 0.25) is 5.89 Å². The van der Waals surface area contributed by atoms with Gasteiger partial charge in [-0.15, -0.1) is 0 Å². The molecule has 0 radical (unpaired) electrons. The molecule has 0 aliphatic heterocycles. The average Bonchev–Trinajstić information content (AvgIpc) is 2.72. The molecule has 3 aromatic rings. The highest BCUT2D eigenvalue weighted by molar-refractivity contribution is 5.76. The van der Waals surface area contributed by atoms with Crippen LogP contribution in [-0.2, 0) is 7.05 Å². The summed E-state index contributed by atoms with van der Waals surface area (Å²) in [5, 5.41) is 0. The van der Waals surface area contributed by atoms with E-state index in [1.165, 1.54) is 5.56 Å². The Morgan fingerprint density at radius 2 is 2.06 bits per heavy atom. The molecule has 0 fully saturated rings. The molecule has 1 aromatic carbocycles. The minimum Gasteiger partial charge on any atom is -1.00 e. The van der Waals surface area contributed by atoms with Crippen LogP contribution in [-0.4, -0.2) is 4.98 Å². The van der Waals surface area contributed by atoms with E-state index in [9.17, 15) is 0 Å². The van der Waals surface area contributed by atoms with Crippen molar-refractivity contribution >= 4 is 11.1 Å². The molecule has 0 N–H and O–H groups in total. The largest absolute Gasteiger partial charge is 1.00 e. The van der Waals surface area contributed by atoms with Crippen molar-refractivity contribution in [2.75, 3.05) is 0 Å². The van der Waals surface area contributed by atoms with Gasteiger partial charge in [0.15, 0.2) is 18.0 Å². The predicted octanol–water partition coefficient (Wildman–Crippen LogP) is -0.368. The summed E-state index contributed by atoms with van der Waals surface area (Å²) in [6, 6.07) is 10.0. The van der Waals surface area contributed by atoms with Gasteiger partial charge in [0.05, 0.1) is 0 Å². The zero-order chi connectivity index (χ0) is 11.8. The molecular weight excluding hydrogens is 339 g/mol. The van der Waals surface area contributed by atoms with Crippen LogP contribution in [0.15, 0.2) is 47.1 Å². The maximum Gasteiger partial charge on any atom is 0.233 e. The van der Waals surface area contributed by atoms with Crippen LogP contribution in [0, 0.1) is 6.92 Å². The highest BCUT2D eigenvalue weighted by Gasteiger charge is 2.10.